The highest BCUT2D eigenvalue weighted by molar-refractivity contribution is 14.1. The quantitative estimate of drug-likeness (QED) is 0.0122. The molecule has 0 aromatic rings. The fourth-order valence-corrected chi connectivity index (χ4v) is 8.49. The fourth-order valence-electron chi connectivity index (χ4n) is 7.95. The van der Waals surface area contributed by atoms with E-state index in [1.54, 1.807) is 0 Å². The highest BCUT2D eigenvalue weighted by Crippen LogP contribution is 2.05. The topological polar surface area (TPSA) is 478 Å². The monoisotopic (exact) mass is 1710 g/mol. The first-order valence-corrected chi connectivity index (χ1v) is 36.1. The van der Waals surface area contributed by atoms with Crippen molar-refractivity contribution in [3.8, 4) is 0 Å². The molecule has 0 saturated heterocycles. The average molecular weight is 1710 g/mol. The summed E-state index contributed by atoms with van der Waals surface area (Å²) in [6, 6.07) is 0. The lowest BCUT2D eigenvalue weighted by atomic mass is 10.2. The highest BCUT2D eigenvalue weighted by atomic mass is 127. The molecule has 8 N–H and O–H groups in total. The zero-order chi connectivity index (χ0) is 77.0. The summed E-state index contributed by atoms with van der Waals surface area (Å²) < 4.78 is 53.5. The predicted molar refractivity (Wildman–Crippen MR) is 382 cm³/mol. The molecule has 0 spiro atoms. The van der Waals surface area contributed by atoms with E-state index in [4.69, 9.17) is 47.4 Å². The molecule has 0 fully saturated rings. The summed E-state index contributed by atoms with van der Waals surface area (Å²) in [6.45, 7) is 5.01. The minimum absolute atomic E-state index is 0.0592. The van der Waals surface area contributed by atoms with Crippen molar-refractivity contribution in [3.05, 3.63) is 36.5 Å². The van der Waals surface area contributed by atoms with E-state index in [2.05, 4.69) is 42.5 Å². The molecule has 3 aliphatic rings. The van der Waals surface area contributed by atoms with Gasteiger partial charge in [0.2, 0.25) is 59.1 Å². The van der Waals surface area contributed by atoms with Gasteiger partial charge < -0.3 is 99.7 Å². The summed E-state index contributed by atoms with van der Waals surface area (Å²) in [7, 11) is 4.44. The highest BCUT2D eigenvalue weighted by Gasteiger charge is 2.26. The number of nitrogens with one attached hydrogen (secondary N) is 8. The molecule has 0 aliphatic carbocycles. The number of rotatable bonds is 58. The van der Waals surface area contributed by atoms with E-state index in [1.807, 2.05) is 45.2 Å². The van der Waals surface area contributed by atoms with Gasteiger partial charge in [0.1, 0.15) is 26.2 Å². The van der Waals surface area contributed by atoms with Gasteiger partial charge in [-0.15, -0.1) is 0 Å². The summed E-state index contributed by atoms with van der Waals surface area (Å²) in [6.07, 6.45) is 6.63. The second-order valence-electron chi connectivity index (χ2n) is 21.3. The van der Waals surface area contributed by atoms with Crippen LogP contribution in [0.3, 0.4) is 0 Å². The van der Waals surface area contributed by atoms with Crippen molar-refractivity contribution >= 4 is 140 Å². The number of carbonyl (C=O) groups is 16. The fraction of sp³-hybridized carbons (Fsp3) is 0.651. The summed E-state index contributed by atoms with van der Waals surface area (Å²) in [5.41, 5.74) is 0. The summed E-state index contributed by atoms with van der Waals surface area (Å²) >= 11 is 3.94. The van der Waals surface area contributed by atoms with Crippen LogP contribution in [-0.4, -0.2) is 360 Å². The second-order valence-corrected chi connectivity index (χ2v) is 22.9. The van der Waals surface area contributed by atoms with Crippen LogP contribution in [-0.2, 0) is 124 Å². The third kappa shape index (κ3) is 49.2. The van der Waals surface area contributed by atoms with E-state index >= 15 is 0 Å². The van der Waals surface area contributed by atoms with Gasteiger partial charge in [-0.3, -0.25) is 91.4 Å². The number of likely N-dealkylation sites (N-methyl/N-ethyl adjacent to an activating group) is 1. The van der Waals surface area contributed by atoms with Gasteiger partial charge in [0.25, 0.3) is 35.4 Å². The zero-order valence-corrected chi connectivity index (χ0v) is 63.3. The smallest absolute Gasteiger partial charge is 0.253 e. The zero-order valence-electron chi connectivity index (χ0n) is 58.9. The molecule has 586 valence electrons. The van der Waals surface area contributed by atoms with Crippen molar-refractivity contribution in [2.24, 2.45) is 0 Å². The summed E-state index contributed by atoms with van der Waals surface area (Å²) in [4.78, 5) is 194. The third-order valence-electron chi connectivity index (χ3n) is 13.3. The van der Waals surface area contributed by atoms with Crippen LogP contribution in [0.2, 0.25) is 0 Å². The van der Waals surface area contributed by atoms with Crippen molar-refractivity contribution in [3.63, 3.8) is 0 Å². The van der Waals surface area contributed by atoms with Gasteiger partial charge in [-0.2, -0.15) is 0 Å². The number of methoxy groups -OCH3 is 2. The lowest BCUT2D eigenvalue weighted by Gasteiger charge is -2.22. The minimum Gasteiger partial charge on any atom is -0.383 e. The predicted octanol–water partition coefficient (Wildman–Crippen LogP) is -6.19. The van der Waals surface area contributed by atoms with Gasteiger partial charge in [0.05, 0.1) is 141 Å². The number of imide groups is 3. The molecule has 3 heterocycles. The van der Waals surface area contributed by atoms with Crippen LogP contribution in [0.25, 0.3) is 0 Å². The Morgan fingerprint density at radius 1 is 0.308 bits per heavy atom. The van der Waals surface area contributed by atoms with Gasteiger partial charge in [0, 0.05) is 136 Å². The molecule has 0 aromatic heterocycles. The number of ether oxygens (including phenoxy) is 10. The minimum atomic E-state index is -0.569. The first-order chi connectivity index (χ1) is 50.1. The lowest BCUT2D eigenvalue weighted by molar-refractivity contribution is -0.140. The van der Waals surface area contributed by atoms with Crippen LogP contribution < -0.4 is 42.5 Å². The van der Waals surface area contributed by atoms with Crippen LogP contribution in [0.15, 0.2) is 36.5 Å². The molecule has 16 amide bonds. The van der Waals surface area contributed by atoms with E-state index in [-0.39, 0.29) is 210 Å². The average Bonchev–Trinajstić information content (AvgIpc) is 1.80. The number of halogens is 2. The molecule has 0 saturated carbocycles. The Morgan fingerprint density at radius 2 is 0.529 bits per heavy atom. The normalized spacial score (nSPS) is 12.7. The van der Waals surface area contributed by atoms with Gasteiger partial charge >= 0.3 is 0 Å². The van der Waals surface area contributed by atoms with E-state index in [0.717, 1.165) is 24.5 Å². The summed E-state index contributed by atoms with van der Waals surface area (Å²) in [5.74, 6) is -6.03. The van der Waals surface area contributed by atoms with Crippen molar-refractivity contribution < 1.29 is 124 Å². The molecular weight excluding hydrogens is 1610 g/mol. The Morgan fingerprint density at radius 3 is 0.760 bits per heavy atom. The molecule has 0 atom stereocenters. The molecule has 41 heteroatoms. The Hall–Kier alpha value is -7.60. The number of nitrogens with zero attached hydrogens (tertiary/aromatic N) is 5. The lowest BCUT2D eigenvalue weighted by Crippen LogP contribution is -2.46. The van der Waals surface area contributed by atoms with Gasteiger partial charge in [-0.1, -0.05) is 45.2 Å². The van der Waals surface area contributed by atoms with Crippen LogP contribution in [0.4, 0.5) is 0 Å². The largest absolute Gasteiger partial charge is 0.383 e. The van der Waals surface area contributed by atoms with Crippen LogP contribution in [0.5, 0.6) is 0 Å². The first kappa shape index (κ1) is 94.4. The maximum atomic E-state index is 12.9. The molecule has 3 rings (SSSR count). The van der Waals surface area contributed by atoms with Crippen molar-refractivity contribution in [2.45, 2.75) is 25.7 Å². The standard InChI is InChI=1S/C31H46N6O13.C27H48I2N6O11.C5H5NO2/c1-46-13-8-32-24(38)2-3-27(41)35(22-25(39)33-9-14-47-18-20-49-16-11-36-28(42)4-5-29(36)43)23-26(40)34-10-15-48-19-21-50-17-12-37-30(44)6-7-31(37)45;1-42-9-4-30-22(36)2-3-27(41)35(20-25(39)33-7-12-45-16-14-43-10-5-31-23(37)18-28)21-26(40)34-8-13-46-17-15-44-11-6-32-24(38)19-29;1-6-4(7)2-3-5(6)8/h4-7H,2-3,8-23H2,1H3,(H,32,38)(H,33,39)(H,34,40);2-21H2,1H3,(H,30,36)(H,31,37)(H,32,38)(H,33,39)(H,34,40);2-3H,1H3. The van der Waals surface area contributed by atoms with Crippen LogP contribution in [0, 0.1) is 0 Å². The van der Waals surface area contributed by atoms with E-state index in [0.29, 0.717) is 81.3 Å². The maximum absolute atomic E-state index is 12.9. The molecular formula is C63H99I2N13O26. The molecule has 0 aromatic carbocycles. The van der Waals surface area contributed by atoms with Gasteiger partial charge in [-0.25, -0.2) is 0 Å². The van der Waals surface area contributed by atoms with E-state index in [9.17, 15) is 76.7 Å². The first-order valence-electron chi connectivity index (χ1n) is 33.0. The Kier molecular flexibility index (Phi) is 56.0. The van der Waals surface area contributed by atoms with E-state index < -0.39 is 48.5 Å². The number of carbonyl (C=O) groups excluding carboxylic acids is 16. The number of hydrogen-bond donors (Lipinski definition) is 8. The second kappa shape index (κ2) is 61.7. The van der Waals surface area contributed by atoms with Crippen LogP contribution >= 0.6 is 45.2 Å². The van der Waals surface area contributed by atoms with Crippen LogP contribution in [0.1, 0.15) is 25.7 Å². The third-order valence-corrected chi connectivity index (χ3v) is 14.7. The summed E-state index contributed by atoms with van der Waals surface area (Å²) in [5, 5.41) is 21.1. The Balaban J connectivity index is 0.000000938. The molecule has 39 nitrogen and oxygen atoms in total. The van der Waals surface area contributed by atoms with Gasteiger partial charge in [0.15, 0.2) is 0 Å². The SMILES string of the molecule is CN1C(=O)C=CC1=O.COCCNC(=O)CCC(=O)N(CC(=O)NCCOCCOCCN1C(=O)C=CC1=O)CC(=O)NCCOCCOCCN1C(=O)C=CC1=O.COCCNC(=O)CCC(=O)N(CC(=O)NCCOCCOCCNC(=O)CI)CC(=O)NCCOCCOCCNC(=O)CI. The Bertz CT molecular complexity index is 2630. The van der Waals surface area contributed by atoms with Gasteiger partial charge in [-0.05, 0) is 0 Å². The van der Waals surface area contributed by atoms with E-state index in [1.165, 1.54) is 57.7 Å². The van der Waals surface area contributed by atoms with Crippen molar-refractivity contribution in [2.75, 3.05) is 241 Å². The number of alkyl halides is 2. The maximum Gasteiger partial charge on any atom is 0.253 e. The molecule has 104 heavy (non-hydrogen) atoms. The van der Waals surface area contributed by atoms with Crippen molar-refractivity contribution in [1.29, 1.82) is 0 Å². The number of hydrogen-bond acceptors (Lipinski definition) is 26. The molecule has 0 radical (unpaired) electrons. The Labute approximate surface area is 630 Å². The van der Waals surface area contributed by atoms with Crippen molar-refractivity contribution in [1.82, 2.24) is 67.0 Å². The molecule has 3 aliphatic heterocycles. The molecule has 0 unspecified atom stereocenters. The number of amides is 16. The molecule has 0 bridgehead atoms.